The standard InChI is InChI=1S/C15H19N5O2/c1-10-2-7-14(21)20(19-10)12-5-3-11(4-6-12)18-15(22)13-8-16-9-17-13/h2,7-9,11-12H,3-6H2,1H3,(H,16,17)(H,18,22). The summed E-state index contributed by atoms with van der Waals surface area (Å²) in [7, 11) is 0. The minimum atomic E-state index is -0.133. The Morgan fingerprint density at radius 2 is 2.09 bits per heavy atom. The van der Waals surface area contributed by atoms with E-state index < -0.39 is 0 Å². The zero-order valence-corrected chi connectivity index (χ0v) is 12.5. The van der Waals surface area contributed by atoms with Crippen molar-refractivity contribution in [3.63, 3.8) is 0 Å². The Hall–Kier alpha value is -2.44. The molecule has 0 aromatic carbocycles. The molecule has 0 spiro atoms. The van der Waals surface area contributed by atoms with E-state index in [-0.39, 0.29) is 23.6 Å². The molecule has 0 aliphatic heterocycles. The molecule has 0 bridgehead atoms. The van der Waals surface area contributed by atoms with Gasteiger partial charge in [-0.1, -0.05) is 0 Å². The predicted octanol–water partition coefficient (Wildman–Crippen LogP) is 1.19. The van der Waals surface area contributed by atoms with Crippen LogP contribution in [0.2, 0.25) is 0 Å². The lowest BCUT2D eigenvalue weighted by molar-refractivity contribution is 0.0916. The van der Waals surface area contributed by atoms with Crippen molar-refractivity contribution < 1.29 is 4.79 Å². The quantitative estimate of drug-likeness (QED) is 0.890. The number of carbonyl (C=O) groups excluding carboxylic acids is 1. The lowest BCUT2D eigenvalue weighted by atomic mass is 9.91. The lowest BCUT2D eigenvalue weighted by Gasteiger charge is -2.29. The summed E-state index contributed by atoms with van der Waals surface area (Å²) in [6.07, 6.45) is 6.35. The van der Waals surface area contributed by atoms with Crippen LogP contribution in [0.4, 0.5) is 0 Å². The molecule has 116 valence electrons. The summed E-state index contributed by atoms with van der Waals surface area (Å²) < 4.78 is 1.59. The number of aromatic nitrogens is 4. The van der Waals surface area contributed by atoms with Crippen molar-refractivity contribution in [2.45, 2.75) is 44.7 Å². The number of nitrogens with zero attached hydrogens (tertiary/aromatic N) is 3. The number of rotatable bonds is 3. The first kappa shape index (κ1) is 14.5. The number of nitrogens with one attached hydrogen (secondary N) is 2. The summed E-state index contributed by atoms with van der Waals surface area (Å²) >= 11 is 0. The van der Waals surface area contributed by atoms with Crippen molar-refractivity contribution in [1.29, 1.82) is 0 Å². The molecule has 7 heteroatoms. The second-order valence-corrected chi connectivity index (χ2v) is 5.70. The highest BCUT2D eigenvalue weighted by Gasteiger charge is 2.25. The molecule has 0 radical (unpaired) electrons. The Labute approximate surface area is 127 Å². The van der Waals surface area contributed by atoms with Crippen molar-refractivity contribution in [2.24, 2.45) is 0 Å². The number of aryl methyl sites for hydroxylation is 1. The SMILES string of the molecule is Cc1ccc(=O)n(C2CCC(NC(=O)c3cnc[nH]3)CC2)n1. The van der Waals surface area contributed by atoms with Crippen LogP contribution in [0.25, 0.3) is 0 Å². The maximum Gasteiger partial charge on any atom is 0.269 e. The number of hydrogen-bond acceptors (Lipinski definition) is 4. The number of H-pyrrole nitrogens is 1. The topological polar surface area (TPSA) is 92.7 Å². The average molecular weight is 301 g/mol. The number of hydrogen-bond donors (Lipinski definition) is 2. The first-order valence-electron chi connectivity index (χ1n) is 7.49. The van der Waals surface area contributed by atoms with Crippen molar-refractivity contribution in [2.75, 3.05) is 0 Å². The Morgan fingerprint density at radius 3 is 2.77 bits per heavy atom. The van der Waals surface area contributed by atoms with Gasteiger partial charge in [0, 0.05) is 12.1 Å². The van der Waals surface area contributed by atoms with E-state index in [0.29, 0.717) is 5.69 Å². The molecule has 1 saturated carbocycles. The van der Waals surface area contributed by atoms with Gasteiger partial charge in [-0.05, 0) is 38.7 Å². The molecule has 22 heavy (non-hydrogen) atoms. The Kier molecular flexibility index (Phi) is 4.04. The van der Waals surface area contributed by atoms with E-state index >= 15 is 0 Å². The number of carbonyl (C=O) groups is 1. The summed E-state index contributed by atoms with van der Waals surface area (Å²) in [5.74, 6) is -0.133. The van der Waals surface area contributed by atoms with Crippen molar-refractivity contribution in [3.8, 4) is 0 Å². The maximum absolute atomic E-state index is 12.0. The van der Waals surface area contributed by atoms with Crippen LogP contribution >= 0.6 is 0 Å². The molecule has 2 aromatic heterocycles. The summed E-state index contributed by atoms with van der Waals surface area (Å²) in [4.78, 5) is 30.5. The molecule has 0 unspecified atom stereocenters. The van der Waals surface area contributed by atoms with E-state index in [1.165, 1.54) is 12.5 Å². The molecular formula is C15H19N5O2. The molecule has 7 nitrogen and oxygen atoms in total. The van der Waals surface area contributed by atoms with Crippen LogP contribution < -0.4 is 10.9 Å². The van der Waals surface area contributed by atoms with Gasteiger partial charge < -0.3 is 10.3 Å². The lowest BCUT2D eigenvalue weighted by Crippen LogP contribution is -2.39. The van der Waals surface area contributed by atoms with Gasteiger partial charge in [0.25, 0.3) is 11.5 Å². The van der Waals surface area contributed by atoms with E-state index in [1.54, 1.807) is 16.8 Å². The molecule has 1 aliphatic rings. The molecule has 1 aliphatic carbocycles. The summed E-state index contributed by atoms with van der Waals surface area (Å²) in [5.41, 5.74) is 1.25. The van der Waals surface area contributed by atoms with E-state index in [1.807, 2.05) is 6.92 Å². The van der Waals surface area contributed by atoms with Crippen molar-refractivity contribution in [1.82, 2.24) is 25.1 Å². The highest BCUT2D eigenvalue weighted by molar-refractivity contribution is 5.92. The molecule has 3 rings (SSSR count). The van der Waals surface area contributed by atoms with Gasteiger partial charge in [-0.15, -0.1) is 0 Å². The zero-order valence-electron chi connectivity index (χ0n) is 12.5. The van der Waals surface area contributed by atoms with Gasteiger partial charge >= 0.3 is 0 Å². The van der Waals surface area contributed by atoms with Crippen LogP contribution in [0.15, 0.2) is 29.5 Å². The Balaban J connectivity index is 1.59. The fourth-order valence-electron chi connectivity index (χ4n) is 2.89. The predicted molar refractivity (Wildman–Crippen MR) is 80.6 cm³/mol. The monoisotopic (exact) mass is 301 g/mol. The average Bonchev–Trinajstić information content (AvgIpc) is 3.05. The van der Waals surface area contributed by atoms with Gasteiger partial charge in [-0.2, -0.15) is 5.10 Å². The van der Waals surface area contributed by atoms with Gasteiger partial charge in [0.1, 0.15) is 5.69 Å². The van der Waals surface area contributed by atoms with Crippen LogP contribution in [0, 0.1) is 6.92 Å². The van der Waals surface area contributed by atoms with E-state index in [0.717, 1.165) is 31.4 Å². The van der Waals surface area contributed by atoms with Crippen LogP contribution in [0.3, 0.4) is 0 Å². The minimum Gasteiger partial charge on any atom is -0.348 e. The molecule has 2 aromatic rings. The van der Waals surface area contributed by atoms with E-state index in [2.05, 4.69) is 20.4 Å². The van der Waals surface area contributed by atoms with Gasteiger partial charge in [0.05, 0.1) is 24.3 Å². The molecule has 1 amide bonds. The number of aromatic amines is 1. The fraction of sp³-hybridized carbons (Fsp3) is 0.467. The molecular weight excluding hydrogens is 282 g/mol. The maximum atomic E-state index is 12.0. The van der Waals surface area contributed by atoms with Crippen molar-refractivity contribution in [3.05, 3.63) is 46.4 Å². The molecule has 1 fully saturated rings. The minimum absolute atomic E-state index is 0.0597. The van der Waals surface area contributed by atoms with E-state index in [4.69, 9.17) is 0 Å². The number of amides is 1. The van der Waals surface area contributed by atoms with Crippen LogP contribution in [0.5, 0.6) is 0 Å². The van der Waals surface area contributed by atoms with E-state index in [9.17, 15) is 9.59 Å². The third kappa shape index (κ3) is 3.08. The highest BCUT2D eigenvalue weighted by Crippen LogP contribution is 2.27. The largest absolute Gasteiger partial charge is 0.348 e. The third-order valence-corrected chi connectivity index (χ3v) is 4.08. The Bertz CT molecular complexity index is 699. The second-order valence-electron chi connectivity index (χ2n) is 5.70. The zero-order chi connectivity index (χ0) is 15.5. The summed E-state index contributed by atoms with van der Waals surface area (Å²) in [6.45, 7) is 1.88. The molecule has 0 atom stereocenters. The normalized spacial score (nSPS) is 21.5. The second kappa shape index (κ2) is 6.13. The smallest absolute Gasteiger partial charge is 0.269 e. The van der Waals surface area contributed by atoms with Crippen molar-refractivity contribution >= 4 is 5.91 Å². The molecule has 0 saturated heterocycles. The van der Waals surface area contributed by atoms with Crippen LogP contribution in [-0.2, 0) is 0 Å². The highest BCUT2D eigenvalue weighted by atomic mass is 16.2. The Morgan fingerprint density at radius 1 is 1.32 bits per heavy atom. The van der Waals surface area contributed by atoms with Gasteiger partial charge in [-0.3, -0.25) is 9.59 Å². The summed E-state index contributed by atoms with van der Waals surface area (Å²) in [5, 5.41) is 7.33. The first-order valence-corrected chi connectivity index (χ1v) is 7.49. The van der Waals surface area contributed by atoms with Crippen LogP contribution in [0.1, 0.15) is 47.9 Å². The molecule has 2 heterocycles. The van der Waals surface area contributed by atoms with Crippen LogP contribution in [-0.4, -0.2) is 31.7 Å². The van der Waals surface area contributed by atoms with Gasteiger partial charge in [-0.25, -0.2) is 9.67 Å². The summed E-state index contributed by atoms with van der Waals surface area (Å²) in [6, 6.07) is 3.55. The van der Waals surface area contributed by atoms with Gasteiger partial charge in [0.2, 0.25) is 0 Å². The first-order chi connectivity index (χ1) is 10.6. The fourth-order valence-corrected chi connectivity index (χ4v) is 2.89. The molecule has 2 N–H and O–H groups in total. The van der Waals surface area contributed by atoms with Gasteiger partial charge in [0.15, 0.2) is 0 Å². The number of imidazole rings is 1. The third-order valence-electron chi connectivity index (χ3n) is 4.08.